The van der Waals surface area contributed by atoms with Crippen LogP contribution in [0.1, 0.15) is 24.8 Å². The number of ketones is 1. The number of aliphatic hydroxyl groups is 1. The Morgan fingerprint density at radius 2 is 2.23 bits per heavy atom. The zero-order chi connectivity index (χ0) is 21.7. The summed E-state index contributed by atoms with van der Waals surface area (Å²) in [6.07, 6.45) is 2.20. The first-order valence-electron chi connectivity index (χ1n) is 9.58. The van der Waals surface area contributed by atoms with Crippen LogP contribution in [0.2, 0.25) is 0 Å². The van der Waals surface area contributed by atoms with Crippen molar-refractivity contribution >= 4 is 22.8 Å². The summed E-state index contributed by atoms with van der Waals surface area (Å²) in [7, 11) is 0. The lowest BCUT2D eigenvalue weighted by Gasteiger charge is -2.37. The van der Waals surface area contributed by atoms with Crippen LogP contribution in [0.5, 0.6) is 0 Å². The van der Waals surface area contributed by atoms with Gasteiger partial charge in [0.15, 0.2) is 5.78 Å². The summed E-state index contributed by atoms with van der Waals surface area (Å²) >= 11 is 0. The van der Waals surface area contributed by atoms with Crippen LogP contribution in [0.25, 0.3) is 10.9 Å². The number of nitriles is 1. The van der Waals surface area contributed by atoms with E-state index in [1.807, 2.05) is 6.07 Å². The Balaban J connectivity index is 1.77. The van der Waals surface area contributed by atoms with Crippen molar-refractivity contribution in [2.24, 2.45) is 0 Å². The Kier molecular flexibility index (Phi) is 6.59. The second kappa shape index (κ2) is 9.33. The van der Waals surface area contributed by atoms with Crippen molar-refractivity contribution in [3.8, 4) is 6.07 Å². The molecule has 1 aromatic carbocycles. The van der Waals surface area contributed by atoms with Crippen LogP contribution in [-0.4, -0.2) is 56.7 Å². The second-order valence-corrected chi connectivity index (χ2v) is 7.10. The summed E-state index contributed by atoms with van der Waals surface area (Å²) in [4.78, 5) is 43.2. The van der Waals surface area contributed by atoms with E-state index in [1.165, 1.54) is 27.9 Å². The predicted molar refractivity (Wildman–Crippen MR) is 108 cm³/mol. The van der Waals surface area contributed by atoms with Crippen LogP contribution in [0.4, 0.5) is 4.79 Å². The normalized spacial score (nSPS) is 18.6. The Bertz CT molecular complexity index is 1070. The number of amides is 1. The molecule has 0 aliphatic carbocycles. The Morgan fingerprint density at radius 3 is 2.97 bits per heavy atom. The van der Waals surface area contributed by atoms with Gasteiger partial charge in [0, 0.05) is 13.0 Å². The molecule has 30 heavy (non-hydrogen) atoms. The minimum Gasteiger partial charge on any atom is -0.445 e. The van der Waals surface area contributed by atoms with Crippen molar-refractivity contribution < 1.29 is 19.4 Å². The van der Waals surface area contributed by atoms with Crippen molar-refractivity contribution in [2.75, 3.05) is 13.2 Å². The summed E-state index contributed by atoms with van der Waals surface area (Å²) in [5, 5.41) is 19.6. The number of aliphatic hydroxyl groups excluding tert-OH is 1. The van der Waals surface area contributed by atoms with Gasteiger partial charge in [-0.2, -0.15) is 5.26 Å². The minimum atomic E-state index is -0.858. The topological polar surface area (TPSA) is 126 Å². The number of fused-ring (bicyclic) bond motifs is 1. The number of piperidine rings is 1. The first kappa shape index (κ1) is 21.2. The monoisotopic (exact) mass is 410 g/mol. The average molecular weight is 410 g/mol. The summed E-state index contributed by atoms with van der Waals surface area (Å²) in [5.41, 5.74) is 0.322. The van der Waals surface area contributed by atoms with Crippen LogP contribution >= 0.6 is 0 Å². The molecule has 0 radical (unpaired) electrons. The van der Waals surface area contributed by atoms with E-state index in [1.54, 1.807) is 12.1 Å². The SMILES string of the molecule is C=CCOC(=O)N1CCC[C@H](O)[C@H]1CC(=O)Cn1cnc2ccc(C#N)cc2c1=O. The molecule has 2 aromatic rings. The van der Waals surface area contributed by atoms with E-state index in [2.05, 4.69) is 11.6 Å². The lowest BCUT2D eigenvalue weighted by molar-refractivity contribution is -0.122. The number of Topliss-reactive ketones (excluding diaryl/α,β-unsaturated/α-hetero) is 1. The van der Waals surface area contributed by atoms with Gasteiger partial charge in [0.2, 0.25) is 0 Å². The number of rotatable bonds is 6. The summed E-state index contributed by atoms with van der Waals surface area (Å²) in [6.45, 7) is 3.65. The minimum absolute atomic E-state index is 0.0366. The number of carbonyl (C=O) groups excluding carboxylic acids is 2. The standard InChI is InChI=1S/C21H22N4O5/c1-2-8-30-21(29)25-7-3-4-19(27)18(25)10-15(26)12-24-13-23-17-6-5-14(11-22)9-16(17)20(24)28/h2,5-6,9,13,18-19,27H,1,3-4,7-8,10,12H2/t18-,19+/m1/s1. The highest BCUT2D eigenvalue weighted by Crippen LogP contribution is 2.22. The zero-order valence-electron chi connectivity index (χ0n) is 16.4. The molecular formula is C21H22N4O5. The number of likely N-dealkylation sites (tertiary alicyclic amines) is 1. The quantitative estimate of drug-likeness (QED) is 0.713. The number of hydrogen-bond donors (Lipinski definition) is 1. The highest BCUT2D eigenvalue weighted by molar-refractivity contribution is 5.81. The lowest BCUT2D eigenvalue weighted by atomic mass is 9.95. The number of aromatic nitrogens is 2. The molecule has 1 saturated heterocycles. The molecule has 2 heterocycles. The van der Waals surface area contributed by atoms with Gasteiger partial charge < -0.3 is 14.7 Å². The average Bonchev–Trinajstić information content (AvgIpc) is 2.75. The molecule has 1 aliphatic heterocycles. The van der Waals surface area contributed by atoms with Gasteiger partial charge in [-0.1, -0.05) is 12.7 Å². The highest BCUT2D eigenvalue weighted by atomic mass is 16.6. The van der Waals surface area contributed by atoms with E-state index in [0.717, 1.165) is 0 Å². The molecule has 1 amide bonds. The fourth-order valence-electron chi connectivity index (χ4n) is 3.55. The fourth-order valence-corrected chi connectivity index (χ4v) is 3.55. The molecule has 9 heteroatoms. The van der Waals surface area contributed by atoms with Gasteiger partial charge in [-0.25, -0.2) is 9.78 Å². The zero-order valence-corrected chi connectivity index (χ0v) is 16.4. The maximum Gasteiger partial charge on any atom is 0.410 e. The third-order valence-electron chi connectivity index (χ3n) is 5.04. The maximum absolute atomic E-state index is 12.7. The molecule has 9 nitrogen and oxygen atoms in total. The Labute approximate surface area is 172 Å². The molecule has 1 aromatic heterocycles. The van der Waals surface area contributed by atoms with Crippen LogP contribution in [0.15, 0.2) is 42.0 Å². The maximum atomic E-state index is 12.7. The third-order valence-corrected chi connectivity index (χ3v) is 5.04. The van der Waals surface area contributed by atoms with E-state index in [-0.39, 0.29) is 30.7 Å². The van der Waals surface area contributed by atoms with Crippen molar-refractivity contribution in [3.05, 3.63) is 53.1 Å². The predicted octanol–water partition coefficient (Wildman–Crippen LogP) is 1.38. The molecule has 3 rings (SSSR count). The third kappa shape index (κ3) is 4.55. The second-order valence-electron chi connectivity index (χ2n) is 7.10. The molecule has 0 saturated carbocycles. The molecule has 2 atom stereocenters. The lowest BCUT2D eigenvalue weighted by Crippen LogP contribution is -2.52. The van der Waals surface area contributed by atoms with Gasteiger partial charge in [-0.3, -0.25) is 14.2 Å². The molecule has 156 valence electrons. The molecular weight excluding hydrogens is 388 g/mol. The molecule has 1 fully saturated rings. The number of hydrogen-bond acceptors (Lipinski definition) is 7. The smallest absolute Gasteiger partial charge is 0.410 e. The summed E-state index contributed by atoms with van der Waals surface area (Å²) in [6, 6.07) is 5.82. The fraction of sp³-hybridized carbons (Fsp3) is 0.381. The Hall–Kier alpha value is -3.51. The largest absolute Gasteiger partial charge is 0.445 e. The van der Waals surface area contributed by atoms with E-state index in [4.69, 9.17) is 10.00 Å². The van der Waals surface area contributed by atoms with Crippen LogP contribution in [0, 0.1) is 11.3 Å². The number of benzene rings is 1. The molecule has 1 N–H and O–H groups in total. The van der Waals surface area contributed by atoms with Gasteiger partial charge >= 0.3 is 6.09 Å². The van der Waals surface area contributed by atoms with E-state index in [9.17, 15) is 19.5 Å². The first-order chi connectivity index (χ1) is 14.4. The van der Waals surface area contributed by atoms with Crippen LogP contribution in [0.3, 0.4) is 0 Å². The molecule has 1 aliphatic rings. The van der Waals surface area contributed by atoms with Gasteiger partial charge in [0.05, 0.1) is 47.6 Å². The van der Waals surface area contributed by atoms with Gasteiger partial charge in [-0.15, -0.1) is 0 Å². The van der Waals surface area contributed by atoms with Gasteiger partial charge in [0.25, 0.3) is 5.56 Å². The summed E-state index contributed by atoms with van der Waals surface area (Å²) < 4.78 is 6.22. The molecule has 0 spiro atoms. The molecule has 0 unspecified atom stereocenters. The van der Waals surface area contributed by atoms with Crippen molar-refractivity contribution in [2.45, 2.75) is 38.0 Å². The van der Waals surface area contributed by atoms with Crippen molar-refractivity contribution in [3.63, 3.8) is 0 Å². The summed E-state index contributed by atoms with van der Waals surface area (Å²) in [5.74, 6) is -0.331. The Morgan fingerprint density at radius 1 is 1.43 bits per heavy atom. The number of ether oxygens (including phenoxy) is 1. The van der Waals surface area contributed by atoms with E-state index < -0.39 is 23.8 Å². The number of carbonyl (C=O) groups is 2. The van der Waals surface area contributed by atoms with Crippen LogP contribution < -0.4 is 5.56 Å². The van der Waals surface area contributed by atoms with Crippen LogP contribution in [-0.2, 0) is 16.1 Å². The van der Waals surface area contributed by atoms with Gasteiger partial charge in [0.1, 0.15) is 6.61 Å². The highest BCUT2D eigenvalue weighted by Gasteiger charge is 2.35. The van der Waals surface area contributed by atoms with E-state index in [0.29, 0.717) is 30.5 Å². The van der Waals surface area contributed by atoms with Gasteiger partial charge in [-0.05, 0) is 31.0 Å². The molecule has 0 bridgehead atoms. The first-order valence-corrected chi connectivity index (χ1v) is 9.58. The van der Waals surface area contributed by atoms with Crippen molar-refractivity contribution in [1.82, 2.24) is 14.5 Å². The van der Waals surface area contributed by atoms with E-state index >= 15 is 0 Å². The number of nitrogens with zero attached hydrogens (tertiary/aromatic N) is 4. The van der Waals surface area contributed by atoms with Crippen molar-refractivity contribution in [1.29, 1.82) is 5.26 Å².